The van der Waals surface area contributed by atoms with E-state index in [0.29, 0.717) is 5.92 Å². The molecule has 1 aromatic carbocycles. The fraction of sp³-hybridized carbons (Fsp3) is 0.333. The molecule has 3 heteroatoms. The molecule has 15 heavy (non-hydrogen) atoms. The van der Waals surface area contributed by atoms with Gasteiger partial charge in [0.2, 0.25) is 0 Å². The topological polar surface area (TPSA) is 0 Å². The van der Waals surface area contributed by atoms with Crippen molar-refractivity contribution in [2.24, 2.45) is 0 Å². The molecular formula is C12H13I2Zr. The van der Waals surface area contributed by atoms with Gasteiger partial charge in [-0.15, -0.1) is 11.6 Å². The summed E-state index contributed by atoms with van der Waals surface area (Å²) < 4.78 is 0. The summed E-state index contributed by atoms with van der Waals surface area (Å²) in [5.41, 5.74) is 2.82. The van der Waals surface area contributed by atoms with Crippen LogP contribution in [-0.2, 0) is 26.2 Å². The van der Waals surface area contributed by atoms with Gasteiger partial charge in [-0.3, -0.25) is 6.08 Å². The van der Waals surface area contributed by atoms with Gasteiger partial charge in [-0.1, -0.05) is 43.9 Å². The van der Waals surface area contributed by atoms with E-state index in [4.69, 9.17) is 0 Å². The van der Waals surface area contributed by atoms with Crippen molar-refractivity contribution in [3.05, 3.63) is 41.5 Å². The smallest absolute Gasteiger partial charge is 1.00 e. The first-order valence-electron chi connectivity index (χ1n) is 4.60. The van der Waals surface area contributed by atoms with Gasteiger partial charge in [-0.05, 0) is 0 Å². The largest absolute Gasteiger partial charge is 3.00 e. The van der Waals surface area contributed by atoms with Crippen LogP contribution < -0.4 is 48.0 Å². The molecule has 1 unspecified atom stereocenters. The van der Waals surface area contributed by atoms with Crippen LogP contribution in [0.1, 0.15) is 36.8 Å². The van der Waals surface area contributed by atoms with Crippen molar-refractivity contribution in [2.75, 3.05) is 0 Å². The monoisotopic (exact) mass is 501 g/mol. The predicted octanol–water partition coefficient (Wildman–Crippen LogP) is -2.59. The predicted molar refractivity (Wildman–Crippen MR) is 51.8 cm³/mol. The zero-order valence-electron chi connectivity index (χ0n) is 8.63. The van der Waals surface area contributed by atoms with Crippen LogP contribution in [0.5, 0.6) is 0 Å². The van der Waals surface area contributed by atoms with E-state index < -0.39 is 0 Å². The van der Waals surface area contributed by atoms with Gasteiger partial charge < -0.3 is 48.0 Å². The first kappa shape index (κ1) is 18.7. The Bertz CT molecular complexity index is 310. The van der Waals surface area contributed by atoms with E-state index in [1.165, 1.54) is 24.0 Å². The van der Waals surface area contributed by atoms with E-state index in [9.17, 15) is 0 Å². The molecule has 0 saturated heterocycles. The maximum atomic E-state index is 3.40. The summed E-state index contributed by atoms with van der Waals surface area (Å²) in [5, 5.41) is 0. The Morgan fingerprint density at radius 3 is 2.53 bits per heavy atom. The first-order valence-corrected chi connectivity index (χ1v) is 4.60. The molecule has 0 heterocycles. The van der Waals surface area contributed by atoms with Crippen LogP contribution in [0.3, 0.4) is 0 Å². The number of benzene rings is 1. The van der Waals surface area contributed by atoms with E-state index in [-0.39, 0.29) is 74.2 Å². The second kappa shape index (κ2) is 9.35. The summed E-state index contributed by atoms with van der Waals surface area (Å²) in [6, 6.07) is 8.58. The third-order valence-corrected chi connectivity index (χ3v) is 2.39. The maximum absolute atomic E-state index is 3.40. The molecule has 0 aromatic heterocycles. The minimum Gasteiger partial charge on any atom is -1.00 e. The van der Waals surface area contributed by atoms with Crippen LogP contribution in [0.25, 0.3) is 6.08 Å². The van der Waals surface area contributed by atoms with Gasteiger partial charge in [-0.25, -0.2) is 6.08 Å². The molecule has 79 valence electrons. The van der Waals surface area contributed by atoms with Gasteiger partial charge in [0.1, 0.15) is 0 Å². The summed E-state index contributed by atoms with van der Waals surface area (Å²) in [5.74, 6) is 0.561. The molecule has 0 aliphatic heterocycles. The molecular weight excluding hydrogens is 489 g/mol. The Morgan fingerprint density at radius 1 is 1.20 bits per heavy atom. The molecule has 0 nitrogen and oxygen atoms in total. The summed E-state index contributed by atoms with van der Waals surface area (Å²) in [4.78, 5) is 0. The van der Waals surface area contributed by atoms with Crippen LogP contribution in [0, 0.1) is 6.08 Å². The maximum Gasteiger partial charge on any atom is 3.00 e. The van der Waals surface area contributed by atoms with Crippen LogP contribution in [0.2, 0.25) is 0 Å². The third kappa shape index (κ3) is 4.59. The van der Waals surface area contributed by atoms with Crippen molar-refractivity contribution in [3.63, 3.8) is 0 Å². The Morgan fingerprint density at radius 2 is 1.87 bits per heavy atom. The molecule has 1 aliphatic carbocycles. The molecule has 1 atom stereocenters. The van der Waals surface area contributed by atoms with Crippen LogP contribution in [0.4, 0.5) is 0 Å². The zero-order valence-corrected chi connectivity index (χ0v) is 15.4. The number of rotatable bonds is 2. The molecule has 0 bridgehead atoms. The molecule has 1 aliphatic rings. The second-order valence-corrected chi connectivity index (χ2v) is 3.28. The van der Waals surface area contributed by atoms with Crippen molar-refractivity contribution < 1.29 is 74.2 Å². The Hall–Kier alpha value is 1.30. The van der Waals surface area contributed by atoms with Crippen LogP contribution in [0.15, 0.2) is 24.3 Å². The van der Waals surface area contributed by atoms with Crippen molar-refractivity contribution in [2.45, 2.75) is 25.7 Å². The number of hydrogen-bond donors (Lipinski definition) is 0. The average Bonchev–Trinajstić information content (AvgIpc) is 2.50. The Kier molecular flexibility index (Phi) is 11.6. The van der Waals surface area contributed by atoms with Crippen LogP contribution in [-0.4, -0.2) is 0 Å². The number of hydrogen-bond acceptors (Lipinski definition) is 0. The van der Waals surface area contributed by atoms with Crippen molar-refractivity contribution >= 4 is 6.08 Å². The summed E-state index contributed by atoms with van der Waals surface area (Å²) in [6.45, 7) is 2.22. The van der Waals surface area contributed by atoms with Crippen molar-refractivity contribution in [1.29, 1.82) is 0 Å². The minimum atomic E-state index is 0. The van der Waals surface area contributed by atoms with E-state index >= 15 is 0 Å². The normalized spacial score (nSPS) is 15.7. The Labute approximate surface area is 145 Å². The minimum absolute atomic E-state index is 0. The van der Waals surface area contributed by atoms with Gasteiger partial charge in [0.15, 0.2) is 0 Å². The van der Waals surface area contributed by atoms with Gasteiger partial charge in [0.25, 0.3) is 0 Å². The van der Waals surface area contributed by atoms with Crippen molar-refractivity contribution in [1.82, 2.24) is 0 Å². The molecule has 0 amide bonds. The second-order valence-electron chi connectivity index (χ2n) is 3.28. The standard InChI is InChI=1S/C12H13.2HI.Zr/c1-2-5-10-8-9-11-6-3-4-7-12(10)11;;;/h3-4,6-7,9-10H,2,5H2,1H3;2*1H;/q-1;;;+3/p-2. The third-order valence-electron chi connectivity index (χ3n) is 2.39. The van der Waals surface area contributed by atoms with E-state index in [1.807, 2.05) is 0 Å². The number of allylic oxidation sites excluding steroid dienone is 1. The van der Waals surface area contributed by atoms with Gasteiger partial charge in [-0.2, -0.15) is 5.56 Å². The fourth-order valence-corrected chi connectivity index (χ4v) is 1.77. The Balaban J connectivity index is 0. The van der Waals surface area contributed by atoms with Gasteiger partial charge >= 0.3 is 26.2 Å². The average molecular weight is 502 g/mol. The van der Waals surface area contributed by atoms with E-state index in [2.05, 4.69) is 43.3 Å². The number of fused-ring (bicyclic) bond motifs is 1. The van der Waals surface area contributed by atoms with E-state index in [1.54, 1.807) is 0 Å². The molecule has 1 aromatic rings. The summed E-state index contributed by atoms with van der Waals surface area (Å²) >= 11 is 0. The molecule has 0 fully saturated rings. The zero-order chi connectivity index (χ0) is 8.39. The van der Waals surface area contributed by atoms with Gasteiger partial charge in [0.05, 0.1) is 0 Å². The summed E-state index contributed by atoms with van der Waals surface area (Å²) in [6.07, 6.45) is 7.98. The van der Waals surface area contributed by atoms with E-state index in [0.717, 1.165) is 0 Å². The molecule has 0 saturated carbocycles. The first-order chi connectivity index (χ1) is 5.92. The fourth-order valence-electron chi connectivity index (χ4n) is 1.77. The molecule has 0 spiro atoms. The summed E-state index contributed by atoms with van der Waals surface area (Å²) in [7, 11) is 0. The quantitative estimate of drug-likeness (QED) is 0.308. The number of halogens is 2. The molecule has 2 rings (SSSR count). The van der Waals surface area contributed by atoms with Crippen LogP contribution >= 0.6 is 0 Å². The SMILES string of the molecule is CCCC1[C-]=Cc2ccccc21.[I-].[I-].[Zr+3]. The molecule has 0 N–H and O–H groups in total. The van der Waals surface area contributed by atoms with Crippen molar-refractivity contribution in [3.8, 4) is 0 Å². The van der Waals surface area contributed by atoms with Gasteiger partial charge in [0, 0.05) is 0 Å². The molecule has 1 radical (unpaired) electrons.